The van der Waals surface area contributed by atoms with Gasteiger partial charge in [-0.05, 0) is 37.7 Å². The molecule has 84 valence electrons. The number of nitrogens with zero attached hydrogens (tertiary/aromatic N) is 2. The number of hydrogen-bond acceptors (Lipinski definition) is 2. The van der Waals surface area contributed by atoms with Crippen LogP contribution in [0.1, 0.15) is 38.8 Å². The Kier molecular flexibility index (Phi) is 2.83. The Morgan fingerprint density at radius 1 is 1.53 bits per heavy atom. The maximum Gasteiger partial charge on any atom is 0.0625 e. The maximum absolute atomic E-state index is 6.05. The van der Waals surface area contributed by atoms with E-state index in [1.807, 2.05) is 4.68 Å². The summed E-state index contributed by atoms with van der Waals surface area (Å²) in [5.74, 6) is 0.655. The number of aryl methyl sites for hydroxylation is 1. The highest BCUT2D eigenvalue weighted by Gasteiger charge is 2.37. The maximum atomic E-state index is 6.05. The monoisotopic (exact) mass is 207 g/mol. The van der Waals surface area contributed by atoms with Crippen molar-refractivity contribution in [2.24, 2.45) is 11.7 Å². The van der Waals surface area contributed by atoms with Gasteiger partial charge in [-0.2, -0.15) is 5.10 Å². The SMILES string of the molecule is CC(C)Cn1ccc(CCC2(N)CC2)n1. The molecule has 0 atom stereocenters. The molecule has 2 rings (SSSR count). The second kappa shape index (κ2) is 3.97. The van der Waals surface area contributed by atoms with Crippen LogP contribution >= 0.6 is 0 Å². The molecule has 3 nitrogen and oxygen atoms in total. The zero-order valence-electron chi connectivity index (χ0n) is 9.74. The molecule has 1 aromatic rings. The molecule has 1 fully saturated rings. The Morgan fingerprint density at radius 2 is 2.27 bits per heavy atom. The molecule has 0 bridgehead atoms. The predicted molar refractivity (Wildman–Crippen MR) is 61.5 cm³/mol. The van der Waals surface area contributed by atoms with Gasteiger partial charge >= 0.3 is 0 Å². The fourth-order valence-corrected chi connectivity index (χ4v) is 1.80. The quantitative estimate of drug-likeness (QED) is 0.802. The van der Waals surface area contributed by atoms with Gasteiger partial charge in [0.2, 0.25) is 0 Å². The lowest BCUT2D eigenvalue weighted by atomic mass is 10.1. The molecular weight excluding hydrogens is 186 g/mol. The molecule has 0 aliphatic heterocycles. The fourth-order valence-electron chi connectivity index (χ4n) is 1.80. The zero-order chi connectivity index (χ0) is 10.9. The first kappa shape index (κ1) is 10.7. The van der Waals surface area contributed by atoms with E-state index >= 15 is 0 Å². The Bertz CT molecular complexity index is 323. The van der Waals surface area contributed by atoms with Crippen LogP contribution in [0.5, 0.6) is 0 Å². The van der Waals surface area contributed by atoms with Crippen molar-refractivity contribution in [2.75, 3.05) is 0 Å². The third-order valence-electron chi connectivity index (χ3n) is 3.02. The molecule has 1 aromatic heterocycles. The molecule has 0 aromatic carbocycles. The van der Waals surface area contributed by atoms with Crippen molar-refractivity contribution < 1.29 is 0 Å². The molecule has 0 amide bonds. The Balaban J connectivity index is 1.84. The van der Waals surface area contributed by atoms with E-state index in [1.54, 1.807) is 0 Å². The average molecular weight is 207 g/mol. The summed E-state index contributed by atoms with van der Waals surface area (Å²) in [5, 5.41) is 4.54. The van der Waals surface area contributed by atoms with Gasteiger partial charge in [0.1, 0.15) is 0 Å². The first-order valence-electron chi connectivity index (χ1n) is 5.89. The van der Waals surface area contributed by atoms with Crippen molar-refractivity contribution in [2.45, 2.75) is 51.6 Å². The van der Waals surface area contributed by atoms with Crippen LogP contribution < -0.4 is 5.73 Å². The van der Waals surface area contributed by atoms with Crippen LogP contribution in [-0.2, 0) is 13.0 Å². The van der Waals surface area contributed by atoms with Gasteiger partial charge in [0.25, 0.3) is 0 Å². The largest absolute Gasteiger partial charge is 0.325 e. The lowest BCUT2D eigenvalue weighted by molar-refractivity contribution is 0.477. The normalized spacial score (nSPS) is 18.4. The molecule has 0 unspecified atom stereocenters. The van der Waals surface area contributed by atoms with Crippen LogP contribution in [0.2, 0.25) is 0 Å². The summed E-state index contributed by atoms with van der Waals surface area (Å²) in [6, 6.07) is 2.12. The molecule has 1 aliphatic carbocycles. The van der Waals surface area contributed by atoms with Crippen LogP contribution in [0.4, 0.5) is 0 Å². The minimum absolute atomic E-state index is 0.155. The van der Waals surface area contributed by atoms with Crippen molar-refractivity contribution in [1.82, 2.24) is 9.78 Å². The van der Waals surface area contributed by atoms with Gasteiger partial charge in [0.05, 0.1) is 5.69 Å². The van der Waals surface area contributed by atoms with E-state index < -0.39 is 0 Å². The highest BCUT2D eigenvalue weighted by Crippen LogP contribution is 2.36. The molecule has 0 saturated heterocycles. The topological polar surface area (TPSA) is 43.8 Å². The van der Waals surface area contributed by atoms with Gasteiger partial charge in [-0.3, -0.25) is 4.68 Å². The van der Waals surface area contributed by atoms with E-state index in [1.165, 1.54) is 18.5 Å². The average Bonchev–Trinajstić information content (AvgIpc) is 2.73. The van der Waals surface area contributed by atoms with Crippen LogP contribution in [0, 0.1) is 5.92 Å². The van der Waals surface area contributed by atoms with Gasteiger partial charge in [0.15, 0.2) is 0 Å². The van der Waals surface area contributed by atoms with Crippen LogP contribution in [0.25, 0.3) is 0 Å². The molecule has 0 radical (unpaired) electrons. The first-order valence-corrected chi connectivity index (χ1v) is 5.89. The third kappa shape index (κ3) is 3.06. The Morgan fingerprint density at radius 3 is 2.87 bits per heavy atom. The van der Waals surface area contributed by atoms with Crippen molar-refractivity contribution >= 4 is 0 Å². The van der Waals surface area contributed by atoms with E-state index in [4.69, 9.17) is 5.73 Å². The predicted octanol–water partition coefficient (Wildman–Crippen LogP) is 1.96. The highest BCUT2D eigenvalue weighted by molar-refractivity contribution is 5.05. The molecule has 0 spiro atoms. The van der Waals surface area contributed by atoms with Crippen molar-refractivity contribution in [3.05, 3.63) is 18.0 Å². The summed E-state index contributed by atoms with van der Waals surface area (Å²) < 4.78 is 2.04. The van der Waals surface area contributed by atoms with Gasteiger partial charge < -0.3 is 5.73 Å². The van der Waals surface area contributed by atoms with Gasteiger partial charge in [-0.25, -0.2) is 0 Å². The Hall–Kier alpha value is -0.830. The summed E-state index contributed by atoms with van der Waals surface area (Å²) in [6.45, 7) is 5.43. The van der Waals surface area contributed by atoms with Crippen LogP contribution in [0.3, 0.4) is 0 Å². The summed E-state index contributed by atoms with van der Waals surface area (Å²) in [7, 11) is 0. The standard InChI is InChI=1S/C12H21N3/c1-10(2)9-15-8-4-11(14-15)3-5-12(13)6-7-12/h4,8,10H,3,5-7,9,13H2,1-2H3. The summed E-state index contributed by atoms with van der Waals surface area (Å²) in [5.41, 5.74) is 7.39. The summed E-state index contributed by atoms with van der Waals surface area (Å²) in [6.07, 6.45) is 6.58. The molecule has 15 heavy (non-hydrogen) atoms. The molecule has 1 saturated carbocycles. The van der Waals surface area contributed by atoms with Gasteiger partial charge in [-0.1, -0.05) is 13.8 Å². The van der Waals surface area contributed by atoms with E-state index in [0.29, 0.717) is 5.92 Å². The van der Waals surface area contributed by atoms with E-state index in [2.05, 4.69) is 31.2 Å². The first-order chi connectivity index (χ1) is 7.07. The minimum Gasteiger partial charge on any atom is -0.325 e. The van der Waals surface area contributed by atoms with Gasteiger partial charge in [0, 0.05) is 18.3 Å². The number of rotatable bonds is 5. The zero-order valence-corrected chi connectivity index (χ0v) is 9.74. The van der Waals surface area contributed by atoms with E-state index in [-0.39, 0.29) is 5.54 Å². The van der Waals surface area contributed by atoms with E-state index in [0.717, 1.165) is 19.4 Å². The Labute approximate surface area is 91.7 Å². The molecule has 2 N–H and O–H groups in total. The smallest absolute Gasteiger partial charge is 0.0625 e. The van der Waals surface area contributed by atoms with Gasteiger partial charge in [-0.15, -0.1) is 0 Å². The second-order valence-corrected chi connectivity index (χ2v) is 5.29. The summed E-state index contributed by atoms with van der Waals surface area (Å²) in [4.78, 5) is 0. The molecular formula is C12H21N3. The van der Waals surface area contributed by atoms with Crippen molar-refractivity contribution in [1.29, 1.82) is 0 Å². The van der Waals surface area contributed by atoms with Crippen LogP contribution in [-0.4, -0.2) is 15.3 Å². The van der Waals surface area contributed by atoms with Crippen molar-refractivity contribution in [3.8, 4) is 0 Å². The van der Waals surface area contributed by atoms with E-state index in [9.17, 15) is 0 Å². The third-order valence-corrected chi connectivity index (χ3v) is 3.02. The number of aromatic nitrogens is 2. The van der Waals surface area contributed by atoms with Crippen LogP contribution in [0.15, 0.2) is 12.3 Å². The molecule has 3 heteroatoms. The highest BCUT2D eigenvalue weighted by atomic mass is 15.3. The number of nitrogens with two attached hydrogens (primary N) is 1. The summed E-state index contributed by atoms with van der Waals surface area (Å²) >= 11 is 0. The number of hydrogen-bond donors (Lipinski definition) is 1. The minimum atomic E-state index is 0.155. The lowest BCUT2D eigenvalue weighted by Crippen LogP contribution is -2.22. The fraction of sp³-hybridized carbons (Fsp3) is 0.750. The molecule has 1 heterocycles. The second-order valence-electron chi connectivity index (χ2n) is 5.29. The van der Waals surface area contributed by atoms with Crippen molar-refractivity contribution in [3.63, 3.8) is 0 Å². The lowest BCUT2D eigenvalue weighted by Gasteiger charge is -2.06. The molecule has 1 aliphatic rings.